The van der Waals surface area contributed by atoms with Gasteiger partial charge in [-0.15, -0.1) is 0 Å². The average molecular weight is 223 g/mol. The lowest BCUT2D eigenvalue weighted by Gasteiger charge is -2.26. The molecule has 0 bridgehead atoms. The molecule has 1 N–H and O–H groups in total. The van der Waals surface area contributed by atoms with Crippen LogP contribution in [0.3, 0.4) is 0 Å². The molecule has 2 aliphatic carbocycles. The molecule has 0 aromatic rings. The summed E-state index contributed by atoms with van der Waals surface area (Å²) in [6.45, 7) is 3.66. The van der Waals surface area contributed by atoms with Crippen molar-refractivity contribution in [1.82, 2.24) is 5.32 Å². The number of hydrogen-bond acceptors (Lipinski definition) is 1. The van der Waals surface area contributed by atoms with Crippen LogP contribution in [-0.4, -0.2) is 12.6 Å². The van der Waals surface area contributed by atoms with Crippen LogP contribution in [0.1, 0.15) is 71.1 Å². The highest BCUT2D eigenvalue weighted by Gasteiger charge is 2.25. The van der Waals surface area contributed by atoms with Crippen LogP contribution in [0.2, 0.25) is 0 Å². The van der Waals surface area contributed by atoms with Crippen LogP contribution < -0.4 is 5.32 Å². The van der Waals surface area contributed by atoms with Gasteiger partial charge in [0.1, 0.15) is 0 Å². The van der Waals surface area contributed by atoms with Gasteiger partial charge in [-0.25, -0.2) is 0 Å². The van der Waals surface area contributed by atoms with Crippen molar-refractivity contribution in [3.8, 4) is 0 Å². The molecule has 1 unspecified atom stereocenters. The summed E-state index contributed by atoms with van der Waals surface area (Å²) in [6, 6.07) is 0.894. The van der Waals surface area contributed by atoms with Gasteiger partial charge in [0.25, 0.3) is 0 Å². The molecular weight excluding hydrogens is 194 g/mol. The van der Waals surface area contributed by atoms with Gasteiger partial charge in [-0.1, -0.05) is 51.9 Å². The fourth-order valence-corrected chi connectivity index (χ4v) is 3.26. The molecule has 94 valence electrons. The molecule has 0 radical (unpaired) electrons. The van der Waals surface area contributed by atoms with E-state index in [9.17, 15) is 0 Å². The van der Waals surface area contributed by atoms with Crippen molar-refractivity contribution in [2.24, 2.45) is 11.8 Å². The van der Waals surface area contributed by atoms with Crippen molar-refractivity contribution in [3.05, 3.63) is 0 Å². The summed E-state index contributed by atoms with van der Waals surface area (Å²) in [5.74, 6) is 2.01. The van der Waals surface area contributed by atoms with E-state index < -0.39 is 0 Å². The monoisotopic (exact) mass is 223 g/mol. The summed E-state index contributed by atoms with van der Waals surface area (Å²) < 4.78 is 0. The van der Waals surface area contributed by atoms with Crippen molar-refractivity contribution in [2.45, 2.75) is 77.2 Å². The second-order valence-corrected chi connectivity index (χ2v) is 5.98. The van der Waals surface area contributed by atoms with Gasteiger partial charge >= 0.3 is 0 Å². The van der Waals surface area contributed by atoms with E-state index >= 15 is 0 Å². The van der Waals surface area contributed by atoms with Gasteiger partial charge in [0.2, 0.25) is 0 Å². The zero-order valence-electron chi connectivity index (χ0n) is 11.0. The molecule has 1 nitrogen and oxygen atoms in total. The van der Waals surface area contributed by atoms with Crippen LogP contribution in [0, 0.1) is 11.8 Å². The fraction of sp³-hybridized carbons (Fsp3) is 1.00. The molecule has 2 saturated carbocycles. The van der Waals surface area contributed by atoms with Gasteiger partial charge in [0.05, 0.1) is 0 Å². The second-order valence-electron chi connectivity index (χ2n) is 5.98. The minimum absolute atomic E-state index is 0.894. The predicted molar refractivity (Wildman–Crippen MR) is 70.6 cm³/mol. The van der Waals surface area contributed by atoms with E-state index in [-0.39, 0.29) is 0 Å². The molecular formula is C15H29N. The van der Waals surface area contributed by atoms with Gasteiger partial charge in [-0.3, -0.25) is 0 Å². The molecule has 0 aromatic carbocycles. The lowest BCUT2D eigenvalue weighted by Crippen LogP contribution is -2.29. The average Bonchev–Trinajstić information content (AvgIpc) is 3.11. The SMILES string of the molecule is CCCC(CNC1CC1)C1CCCCCC1. The van der Waals surface area contributed by atoms with Crippen molar-refractivity contribution >= 4 is 0 Å². The molecule has 0 aliphatic heterocycles. The first-order valence-corrected chi connectivity index (χ1v) is 7.63. The first-order chi connectivity index (χ1) is 7.90. The Labute approximate surface area is 101 Å². The molecule has 1 heteroatoms. The number of hydrogen-bond donors (Lipinski definition) is 1. The van der Waals surface area contributed by atoms with E-state index in [4.69, 9.17) is 0 Å². The maximum absolute atomic E-state index is 3.76. The lowest BCUT2D eigenvalue weighted by molar-refractivity contribution is 0.268. The first-order valence-electron chi connectivity index (χ1n) is 7.63. The van der Waals surface area contributed by atoms with Crippen LogP contribution in [0.25, 0.3) is 0 Å². The van der Waals surface area contributed by atoms with Crippen molar-refractivity contribution in [3.63, 3.8) is 0 Å². The maximum Gasteiger partial charge on any atom is 0.00683 e. The van der Waals surface area contributed by atoms with Crippen LogP contribution >= 0.6 is 0 Å². The molecule has 0 amide bonds. The standard InChI is InChI=1S/C15H29N/c1-2-7-14(12-16-15-10-11-15)13-8-5-3-4-6-9-13/h13-16H,2-12H2,1H3. The maximum atomic E-state index is 3.76. The summed E-state index contributed by atoms with van der Waals surface area (Å²) in [7, 11) is 0. The Balaban J connectivity index is 1.77. The predicted octanol–water partition coefficient (Wildman–Crippen LogP) is 4.13. The fourth-order valence-electron chi connectivity index (χ4n) is 3.26. The molecule has 2 fully saturated rings. The van der Waals surface area contributed by atoms with E-state index in [1.165, 1.54) is 70.8 Å². The second kappa shape index (κ2) is 6.64. The van der Waals surface area contributed by atoms with Crippen LogP contribution in [0.5, 0.6) is 0 Å². The topological polar surface area (TPSA) is 12.0 Å². The summed E-state index contributed by atoms with van der Waals surface area (Å²) in [6.07, 6.45) is 14.7. The molecule has 2 rings (SSSR count). The van der Waals surface area contributed by atoms with E-state index in [0.29, 0.717) is 0 Å². The Bertz CT molecular complexity index is 178. The Kier molecular flexibility index (Phi) is 5.15. The minimum Gasteiger partial charge on any atom is -0.314 e. The Morgan fingerprint density at radius 1 is 1.00 bits per heavy atom. The van der Waals surface area contributed by atoms with Crippen molar-refractivity contribution in [2.75, 3.05) is 6.54 Å². The third kappa shape index (κ3) is 4.08. The molecule has 0 heterocycles. The van der Waals surface area contributed by atoms with Crippen LogP contribution in [0.15, 0.2) is 0 Å². The van der Waals surface area contributed by atoms with Gasteiger partial charge in [0, 0.05) is 6.04 Å². The third-order valence-electron chi connectivity index (χ3n) is 4.47. The van der Waals surface area contributed by atoms with E-state index in [0.717, 1.165) is 17.9 Å². The minimum atomic E-state index is 0.894. The van der Waals surface area contributed by atoms with E-state index in [1.807, 2.05) is 0 Å². The molecule has 0 spiro atoms. The quantitative estimate of drug-likeness (QED) is 0.668. The molecule has 1 atom stereocenters. The molecule has 0 saturated heterocycles. The summed E-state index contributed by atoms with van der Waals surface area (Å²) in [5, 5.41) is 3.76. The third-order valence-corrected chi connectivity index (χ3v) is 4.47. The largest absolute Gasteiger partial charge is 0.314 e. The van der Waals surface area contributed by atoms with Gasteiger partial charge < -0.3 is 5.32 Å². The number of rotatable bonds is 6. The lowest BCUT2D eigenvalue weighted by atomic mass is 9.83. The van der Waals surface area contributed by atoms with Crippen LogP contribution in [-0.2, 0) is 0 Å². The van der Waals surface area contributed by atoms with Gasteiger partial charge in [-0.2, -0.15) is 0 Å². The van der Waals surface area contributed by atoms with Gasteiger partial charge in [-0.05, 0) is 37.6 Å². The molecule has 16 heavy (non-hydrogen) atoms. The Morgan fingerprint density at radius 3 is 2.25 bits per heavy atom. The van der Waals surface area contributed by atoms with Crippen molar-refractivity contribution < 1.29 is 0 Å². The summed E-state index contributed by atoms with van der Waals surface area (Å²) in [4.78, 5) is 0. The zero-order chi connectivity index (χ0) is 11.2. The Hall–Kier alpha value is -0.0400. The first kappa shape index (κ1) is 12.4. The molecule has 2 aliphatic rings. The highest BCUT2D eigenvalue weighted by atomic mass is 14.9. The zero-order valence-corrected chi connectivity index (χ0v) is 11.0. The van der Waals surface area contributed by atoms with Crippen LogP contribution in [0.4, 0.5) is 0 Å². The summed E-state index contributed by atoms with van der Waals surface area (Å²) >= 11 is 0. The Morgan fingerprint density at radius 2 is 1.69 bits per heavy atom. The highest BCUT2D eigenvalue weighted by Crippen LogP contribution is 2.32. The molecule has 0 aromatic heterocycles. The smallest absolute Gasteiger partial charge is 0.00683 e. The van der Waals surface area contributed by atoms with Gasteiger partial charge in [0.15, 0.2) is 0 Å². The van der Waals surface area contributed by atoms with Crippen molar-refractivity contribution in [1.29, 1.82) is 0 Å². The summed E-state index contributed by atoms with van der Waals surface area (Å²) in [5.41, 5.74) is 0. The normalized spacial score (nSPS) is 25.3. The number of nitrogens with one attached hydrogen (secondary N) is 1. The van der Waals surface area contributed by atoms with E-state index in [1.54, 1.807) is 0 Å². The highest BCUT2D eigenvalue weighted by molar-refractivity contribution is 4.83. The van der Waals surface area contributed by atoms with E-state index in [2.05, 4.69) is 12.2 Å².